The molecule has 0 aromatic heterocycles. The van der Waals surface area contributed by atoms with Crippen molar-refractivity contribution in [1.82, 2.24) is 9.80 Å². The monoisotopic (exact) mass is 370 g/mol. The van der Waals surface area contributed by atoms with E-state index in [4.69, 9.17) is 0 Å². The number of fused-ring (bicyclic) bond motifs is 5. The third-order valence-electron chi connectivity index (χ3n) is 8.31. The predicted octanol–water partition coefficient (Wildman–Crippen LogP) is 4.50. The first kappa shape index (κ1) is 19.3. The van der Waals surface area contributed by atoms with Gasteiger partial charge in [-0.2, -0.15) is 0 Å². The fourth-order valence-corrected chi connectivity index (χ4v) is 7.06. The van der Waals surface area contributed by atoms with E-state index in [9.17, 15) is 5.11 Å². The van der Waals surface area contributed by atoms with Crippen molar-refractivity contribution in [2.24, 2.45) is 17.3 Å². The van der Waals surface area contributed by atoms with E-state index >= 15 is 0 Å². The summed E-state index contributed by atoms with van der Waals surface area (Å²) in [5.74, 6) is 2.89. The van der Waals surface area contributed by atoms with Gasteiger partial charge in [0.1, 0.15) is 5.75 Å². The van der Waals surface area contributed by atoms with Crippen LogP contribution in [0, 0.1) is 17.3 Å². The molecule has 0 amide bonds. The molecule has 0 bridgehead atoms. The molecular formula is C24H38N2O. The van der Waals surface area contributed by atoms with Crippen molar-refractivity contribution in [3.63, 3.8) is 0 Å². The van der Waals surface area contributed by atoms with Gasteiger partial charge in [0, 0.05) is 6.04 Å². The molecule has 3 heteroatoms. The zero-order valence-electron chi connectivity index (χ0n) is 17.7. The molecule has 0 heterocycles. The van der Waals surface area contributed by atoms with Gasteiger partial charge in [-0.05, 0) is 126 Å². The molecule has 1 N–H and O–H groups in total. The van der Waals surface area contributed by atoms with Crippen molar-refractivity contribution < 1.29 is 5.11 Å². The molecule has 5 atom stereocenters. The van der Waals surface area contributed by atoms with Crippen molar-refractivity contribution in [2.45, 2.75) is 63.8 Å². The third-order valence-corrected chi connectivity index (χ3v) is 8.31. The smallest absolute Gasteiger partial charge is 0.115 e. The minimum atomic E-state index is 0.438. The van der Waals surface area contributed by atoms with Crippen LogP contribution in [0.3, 0.4) is 0 Å². The summed E-state index contributed by atoms with van der Waals surface area (Å²) in [6, 6.07) is 6.91. The average Bonchev–Trinajstić information content (AvgIpc) is 2.98. The van der Waals surface area contributed by atoms with Gasteiger partial charge in [-0.1, -0.05) is 13.0 Å². The predicted molar refractivity (Wildman–Crippen MR) is 112 cm³/mol. The number of phenols is 1. The molecule has 0 unspecified atom stereocenters. The van der Waals surface area contributed by atoms with Gasteiger partial charge >= 0.3 is 0 Å². The second kappa shape index (κ2) is 7.40. The van der Waals surface area contributed by atoms with Gasteiger partial charge in [0.15, 0.2) is 0 Å². The quantitative estimate of drug-likeness (QED) is 0.827. The number of rotatable bonds is 5. The van der Waals surface area contributed by atoms with Crippen molar-refractivity contribution >= 4 is 0 Å². The Kier molecular flexibility index (Phi) is 5.28. The minimum Gasteiger partial charge on any atom is -0.508 e. The van der Waals surface area contributed by atoms with Gasteiger partial charge in [-0.25, -0.2) is 0 Å². The number of hydrogen-bond donors (Lipinski definition) is 1. The Morgan fingerprint density at radius 3 is 2.67 bits per heavy atom. The Morgan fingerprint density at radius 2 is 1.89 bits per heavy atom. The molecule has 3 nitrogen and oxygen atoms in total. The molecular weight excluding hydrogens is 332 g/mol. The molecule has 2 fully saturated rings. The Hall–Kier alpha value is -1.06. The number of phenolic OH excluding ortho intramolecular Hbond substituents is 1. The van der Waals surface area contributed by atoms with E-state index in [1.54, 1.807) is 5.56 Å². The number of aryl methyl sites for hydroxylation is 1. The third kappa shape index (κ3) is 3.42. The zero-order valence-corrected chi connectivity index (χ0v) is 17.7. The maximum atomic E-state index is 9.87. The van der Waals surface area contributed by atoms with E-state index in [0.29, 0.717) is 11.2 Å². The largest absolute Gasteiger partial charge is 0.508 e. The topological polar surface area (TPSA) is 26.7 Å². The van der Waals surface area contributed by atoms with Crippen LogP contribution < -0.4 is 0 Å². The summed E-state index contributed by atoms with van der Waals surface area (Å²) in [5.41, 5.74) is 3.45. The van der Waals surface area contributed by atoms with Crippen molar-refractivity contribution in [3.05, 3.63) is 29.3 Å². The second-order valence-electron chi connectivity index (χ2n) is 10.1. The van der Waals surface area contributed by atoms with Crippen LogP contribution >= 0.6 is 0 Å². The normalized spacial score (nSPS) is 35.2. The van der Waals surface area contributed by atoms with E-state index < -0.39 is 0 Å². The van der Waals surface area contributed by atoms with E-state index in [2.05, 4.69) is 43.9 Å². The number of aromatic hydroxyl groups is 1. The standard InChI is InChI=1S/C24H38N2O/c1-24-13-12-20-19-9-7-18(27)16-17(19)6-8-21(20)22(24)10-11-23(24)26(4)15-5-14-25(2)3/h7,9,16,20-23,27H,5-6,8,10-15H2,1-4H3/t20-,21-,22+,23+,24+/m1/s1. The summed E-state index contributed by atoms with van der Waals surface area (Å²) >= 11 is 0. The van der Waals surface area contributed by atoms with Gasteiger partial charge in [0.05, 0.1) is 0 Å². The molecule has 0 saturated heterocycles. The van der Waals surface area contributed by atoms with Crippen LogP contribution in [0.5, 0.6) is 5.75 Å². The molecule has 2 saturated carbocycles. The van der Waals surface area contributed by atoms with Gasteiger partial charge in [-0.15, -0.1) is 0 Å². The van der Waals surface area contributed by atoms with E-state index in [1.165, 1.54) is 57.2 Å². The van der Waals surface area contributed by atoms with Gasteiger partial charge in [0.25, 0.3) is 0 Å². The fourth-order valence-electron chi connectivity index (χ4n) is 7.06. The minimum absolute atomic E-state index is 0.438. The maximum absolute atomic E-state index is 9.87. The highest BCUT2D eigenvalue weighted by Gasteiger charge is 2.55. The molecule has 3 aliphatic rings. The van der Waals surface area contributed by atoms with Crippen LogP contribution in [-0.2, 0) is 6.42 Å². The van der Waals surface area contributed by atoms with Crippen molar-refractivity contribution in [3.8, 4) is 5.75 Å². The molecule has 1 aromatic carbocycles. The van der Waals surface area contributed by atoms with Crippen LogP contribution in [0.2, 0.25) is 0 Å². The Morgan fingerprint density at radius 1 is 1.07 bits per heavy atom. The first-order valence-electron chi connectivity index (χ1n) is 11.1. The highest BCUT2D eigenvalue weighted by molar-refractivity contribution is 5.40. The molecule has 4 rings (SSSR count). The first-order chi connectivity index (χ1) is 12.9. The van der Waals surface area contributed by atoms with Crippen molar-refractivity contribution in [1.29, 1.82) is 0 Å². The Labute approximate surface area is 165 Å². The average molecular weight is 371 g/mol. The first-order valence-corrected chi connectivity index (χ1v) is 11.1. The summed E-state index contributed by atoms with van der Waals surface area (Å²) in [6.07, 6.45) is 9.22. The lowest BCUT2D eigenvalue weighted by molar-refractivity contribution is 0.00697. The molecule has 1 aromatic rings. The van der Waals surface area contributed by atoms with Gasteiger partial charge in [-0.3, -0.25) is 0 Å². The fraction of sp³-hybridized carbons (Fsp3) is 0.750. The molecule has 0 spiro atoms. The van der Waals surface area contributed by atoms with Gasteiger partial charge < -0.3 is 14.9 Å². The molecule has 3 aliphatic carbocycles. The van der Waals surface area contributed by atoms with E-state index in [1.807, 2.05) is 12.1 Å². The zero-order chi connectivity index (χ0) is 19.2. The Balaban J connectivity index is 1.49. The Bertz CT molecular complexity index is 672. The number of nitrogens with zero attached hydrogens (tertiary/aromatic N) is 2. The molecule has 0 aliphatic heterocycles. The van der Waals surface area contributed by atoms with Crippen LogP contribution in [0.1, 0.15) is 62.5 Å². The summed E-state index contributed by atoms with van der Waals surface area (Å²) in [4.78, 5) is 4.99. The number of benzene rings is 1. The van der Waals surface area contributed by atoms with Crippen LogP contribution in [0.4, 0.5) is 0 Å². The van der Waals surface area contributed by atoms with E-state index in [-0.39, 0.29) is 0 Å². The molecule has 150 valence electrons. The highest BCUT2D eigenvalue weighted by Crippen LogP contribution is 2.61. The second-order valence-corrected chi connectivity index (χ2v) is 10.1. The highest BCUT2D eigenvalue weighted by atomic mass is 16.3. The lowest BCUT2D eigenvalue weighted by Crippen LogP contribution is -2.49. The summed E-state index contributed by atoms with van der Waals surface area (Å²) in [5, 5.41) is 9.87. The van der Waals surface area contributed by atoms with Crippen LogP contribution in [-0.4, -0.2) is 55.2 Å². The number of hydrogen-bond acceptors (Lipinski definition) is 3. The summed E-state index contributed by atoms with van der Waals surface area (Å²) in [7, 11) is 6.72. The lowest BCUT2D eigenvalue weighted by atomic mass is 9.55. The van der Waals surface area contributed by atoms with Crippen LogP contribution in [0.25, 0.3) is 0 Å². The molecule has 27 heavy (non-hydrogen) atoms. The van der Waals surface area contributed by atoms with Gasteiger partial charge in [0.2, 0.25) is 0 Å². The summed E-state index contributed by atoms with van der Waals surface area (Å²) < 4.78 is 0. The van der Waals surface area contributed by atoms with E-state index in [0.717, 1.165) is 30.2 Å². The SMILES string of the molecule is CN(C)CCCN(C)[C@H]1CC[C@H]2[C@@H]3CCc4cc(O)ccc4[C@H]3CC[C@]12C. The van der Waals surface area contributed by atoms with Crippen LogP contribution in [0.15, 0.2) is 18.2 Å². The summed E-state index contributed by atoms with van der Waals surface area (Å²) in [6.45, 7) is 5.02. The van der Waals surface area contributed by atoms with Crippen molar-refractivity contribution in [2.75, 3.05) is 34.2 Å². The maximum Gasteiger partial charge on any atom is 0.115 e. The lowest BCUT2D eigenvalue weighted by Gasteiger charge is -2.52. The molecule has 0 radical (unpaired) electrons.